The van der Waals surface area contributed by atoms with Crippen molar-refractivity contribution in [2.45, 2.75) is 23.2 Å². The number of benzene rings is 2. The topological polar surface area (TPSA) is 78.9 Å². The number of nitrogens with one attached hydrogen (secondary N) is 1. The van der Waals surface area contributed by atoms with Gasteiger partial charge in [0.2, 0.25) is 0 Å². The van der Waals surface area contributed by atoms with Crippen molar-refractivity contribution in [2.75, 3.05) is 0 Å². The number of hydrogen-bond donors (Lipinski definition) is 2. The number of pyridine rings is 1. The van der Waals surface area contributed by atoms with Gasteiger partial charge in [-0.2, -0.15) is 13.2 Å². The fourth-order valence-corrected chi connectivity index (χ4v) is 5.65. The van der Waals surface area contributed by atoms with Gasteiger partial charge in [-0.25, -0.2) is 9.97 Å². The number of imidazole rings is 1. The Morgan fingerprint density at radius 3 is 2.62 bits per heavy atom. The molecular formula is C24H16F3N3O2S2. The summed E-state index contributed by atoms with van der Waals surface area (Å²) in [6, 6.07) is 12.7. The van der Waals surface area contributed by atoms with E-state index < -0.39 is 17.7 Å². The van der Waals surface area contributed by atoms with Crippen LogP contribution in [-0.4, -0.2) is 26.0 Å². The van der Waals surface area contributed by atoms with Gasteiger partial charge in [0.25, 0.3) is 0 Å². The molecule has 0 aliphatic carbocycles. The van der Waals surface area contributed by atoms with Gasteiger partial charge in [0.05, 0.1) is 17.5 Å². The number of fused-ring (bicyclic) bond motifs is 2. The molecule has 0 spiro atoms. The maximum atomic E-state index is 12.8. The van der Waals surface area contributed by atoms with Crippen LogP contribution in [0.3, 0.4) is 0 Å². The first-order chi connectivity index (χ1) is 16.3. The third-order valence-corrected chi connectivity index (χ3v) is 7.36. The second kappa shape index (κ2) is 8.77. The summed E-state index contributed by atoms with van der Waals surface area (Å²) in [5.41, 5.74) is 2.86. The van der Waals surface area contributed by atoms with Gasteiger partial charge in [0, 0.05) is 27.1 Å². The van der Waals surface area contributed by atoms with E-state index in [1.54, 1.807) is 18.0 Å². The lowest BCUT2D eigenvalue weighted by Crippen LogP contribution is -2.04. The molecule has 0 radical (unpaired) electrons. The number of thioether (sulfide) groups is 1. The Morgan fingerprint density at radius 1 is 1.09 bits per heavy atom. The Kier molecular flexibility index (Phi) is 5.78. The molecule has 34 heavy (non-hydrogen) atoms. The molecule has 10 heteroatoms. The van der Waals surface area contributed by atoms with E-state index in [2.05, 4.69) is 21.0 Å². The first-order valence-electron chi connectivity index (χ1n) is 10.1. The summed E-state index contributed by atoms with van der Waals surface area (Å²) in [6.45, 7) is 0. The number of hydrogen-bond acceptors (Lipinski definition) is 5. The van der Waals surface area contributed by atoms with Crippen LogP contribution in [0, 0.1) is 0 Å². The standard InChI is InChI=1S/C24H16F3N3O2S2/c25-24(26,27)16-3-1-13(2-4-16)22-29-21-14(7-8-28-23(21)30-22)11-33-17-5-6-18-15(9-20(31)32)12-34-19(18)10-17/h1-8,10,12H,9,11H2,(H,31,32)(H,28,29,30). The second-order valence-corrected chi connectivity index (χ2v) is 9.57. The number of carboxylic acids is 1. The maximum Gasteiger partial charge on any atom is 0.416 e. The van der Waals surface area contributed by atoms with E-state index in [1.165, 1.54) is 23.5 Å². The van der Waals surface area contributed by atoms with Crippen LogP contribution in [0.4, 0.5) is 13.2 Å². The maximum absolute atomic E-state index is 12.8. The zero-order valence-corrected chi connectivity index (χ0v) is 19.0. The number of aliphatic carboxylic acids is 1. The van der Waals surface area contributed by atoms with Crippen molar-refractivity contribution in [1.29, 1.82) is 0 Å². The number of alkyl halides is 3. The van der Waals surface area contributed by atoms with E-state index in [4.69, 9.17) is 5.11 Å². The summed E-state index contributed by atoms with van der Waals surface area (Å²) in [5, 5.41) is 11.9. The molecule has 3 aromatic heterocycles. The second-order valence-electron chi connectivity index (χ2n) is 7.61. The first-order valence-corrected chi connectivity index (χ1v) is 12.0. The van der Waals surface area contributed by atoms with Crippen LogP contribution >= 0.6 is 23.1 Å². The van der Waals surface area contributed by atoms with E-state index in [0.717, 1.165) is 43.8 Å². The molecule has 0 saturated carbocycles. The largest absolute Gasteiger partial charge is 0.481 e. The molecule has 0 aliphatic rings. The number of rotatable bonds is 6. The van der Waals surface area contributed by atoms with E-state index in [9.17, 15) is 18.0 Å². The van der Waals surface area contributed by atoms with Gasteiger partial charge in [0.1, 0.15) is 5.82 Å². The molecule has 0 bridgehead atoms. The summed E-state index contributed by atoms with van der Waals surface area (Å²) in [7, 11) is 0. The minimum atomic E-state index is -4.39. The number of nitrogens with zero attached hydrogens (tertiary/aromatic N) is 2. The highest BCUT2D eigenvalue weighted by molar-refractivity contribution is 7.98. The monoisotopic (exact) mass is 499 g/mol. The third-order valence-electron chi connectivity index (χ3n) is 5.33. The minimum Gasteiger partial charge on any atom is -0.481 e. The molecule has 0 unspecified atom stereocenters. The van der Waals surface area contributed by atoms with Crippen LogP contribution in [0.25, 0.3) is 32.6 Å². The molecule has 0 aliphatic heterocycles. The zero-order valence-electron chi connectivity index (χ0n) is 17.4. The van der Waals surface area contributed by atoms with E-state index in [-0.39, 0.29) is 6.42 Å². The Labute approximate surface area is 199 Å². The normalized spacial score (nSPS) is 12.0. The summed E-state index contributed by atoms with van der Waals surface area (Å²) < 4.78 is 39.6. The third kappa shape index (κ3) is 4.51. The van der Waals surface area contributed by atoms with Gasteiger partial charge in [-0.05, 0) is 52.2 Å². The Morgan fingerprint density at radius 2 is 1.88 bits per heavy atom. The van der Waals surface area contributed by atoms with Gasteiger partial charge >= 0.3 is 12.1 Å². The molecule has 5 rings (SSSR count). The van der Waals surface area contributed by atoms with Crippen molar-refractivity contribution in [3.63, 3.8) is 0 Å². The number of carboxylic acid groups (broad SMARTS) is 1. The number of thiophene rings is 1. The number of halogens is 3. The average Bonchev–Trinajstić information content (AvgIpc) is 3.41. The summed E-state index contributed by atoms with van der Waals surface area (Å²) in [4.78, 5) is 24.0. The summed E-state index contributed by atoms with van der Waals surface area (Å²) in [5.74, 6) is 0.238. The molecule has 0 atom stereocenters. The fraction of sp³-hybridized carbons (Fsp3) is 0.125. The van der Waals surface area contributed by atoms with Crippen molar-refractivity contribution in [2.24, 2.45) is 0 Å². The zero-order chi connectivity index (χ0) is 23.9. The smallest absolute Gasteiger partial charge is 0.416 e. The predicted molar refractivity (Wildman–Crippen MR) is 127 cm³/mol. The fourth-order valence-electron chi connectivity index (χ4n) is 3.65. The van der Waals surface area contributed by atoms with Crippen molar-refractivity contribution >= 4 is 50.3 Å². The molecule has 0 saturated heterocycles. The van der Waals surface area contributed by atoms with E-state index in [0.29, 0.717) is 22.8 Å². The molecule has 2 N–H and O–H groups in total. The number of aromatic nitrogens is 3. The van der Waals surface area contributed by atoms with Crippen molar-refractivity contribution in [3.05, 3.63) is 76.8 Å². The Balaban J connectivity index is 1.37. The van der Waals surface area contributed by atoms with Crippen molar-refractivity contribution in [1.82, 2.24) is 15.0 Å². The average molecular weight is 500 g/mol. The molecular weight excluding hydrogens is 483 g/mol. The highest BCUT2D eigenvalue weighted by Crippen LogP contribution is 2.34. The number of carbonyl (C=O) groups is 1. The summed E-state index contributed by atoms with van der Waals surface area (Å²) in [6.07, 6.45) is -2.72. The lowest BCUT2D eigenvalue weighted by atomic mass is 10.1. The van der Waals surface area contributed by atoms with Crippen LogP contribution in [0.1, 0.15) is 16.7 Å². The van der Waals surface area contributed by atoms with Gasteiger partial charge in [-0.1, -0.05) is 18.2 Å². The Hall–Kier alpha value is -3.37. The van der Waals surface area contributed by atoms with Crippen LogP contribution in [0.5, 0.6) is 0 Å². The predicted octanol–water partition coefficient (Wildman–Crippen LogP) is 6.78. The van der Waals surface area contributed by atoms with Crippen LogP contribution in [0.2, 0.25) is 0 Å². The van der Waals surface area contributed by atoms with Crippen LogP contribution in [-0.2, 0) is 23.1 Å². The highest BCUT2D eigenvalue weighted by Gasteiger charge is 2.30. The summed E-state index contributed by atoms with van der Waals surface area (Å²) >= 11 is 3.15. The molecule has 5 aromatic rings. The first kappa shape index (κ1) is 22.4. The van der Waals surface area contributed by atoms with E-state index >= 15 is 0 Å². The van der Waals surface area contributed by atoms with Crippen LogP contribution in [0.15, 0.2) is 65.0 Å². The van der Waals surface area contributed by atoms with Gasteiger partial charge in [-0.15, -0.1) is 23.1 Å². The molecule has 5 nitrogen and oxygen atoms in total. The quantitative estimate of drug-likeness (QED) is 0.252. The minimum absolute atomic E-state index is 0.00256. The Bertz CT molecular complexity index is 1510. The van der Waals surface area contributed by atoms with Crippen LogP contribution < -0.4 is 0 Å². The highest BCUT2D eigenvalue weighted by atomic mass is 32.2. The van der Waals surface area contributed by atoms with Gasteiger partial charge in [0.15, 0.2) is 5.65 Å². The number of H-pyrrole nitrogens is 1. The van der Waals surface area contributed by atoms with Gasteiger partial charge < -0.3 is 10.1 Å². The molecule has 2 aromatic carbocycles. The SMILES string of the molecule is O=C(O)Cc1csc2cc(SCc3ccnc4nc(-c5ccc(C(F)(F)F)cc5)[nH]c34)ccc12. The molecule has 0 fully saturated rings. The molecule has 172 valence electrons. The van der Waals surface area contributed by atoms with Crippen molar-refractivity contribution in [3.8, 4) is 11.4 Å². The number of aromatic amines is 1. The molecule has 0 amide bonds. The van der Waals surface area contributed by atoms with Crippen molar-refractivity contribution < 1.29 is 23.1 Å². The van der Waals surface area contributed by atoms with Gasteiger partial charge in [-0.3, -0.25) is 4.79 Å². The molecule has 3 heterocycles. The lowest BCUT2D eigenvalue weighted by Gasteiger charge is -2.06. The lowest BCUT2D eigenvalue weighted by molar-refractivity contribution is -0.138. The van der Waals surface area contributed by atoms with E-state index in [1.807, 2.05) is 23.6 Å².